The van der Waals surface area contributed by atoms with Crippen molar-refractivity contribution < 1.29 is 4.79 Å². The van der Waals surface area contributed by atoms with Crippen molar-refractivity contribution in [3.05, 3.63) is 64.4 Å². The maximum Gasteiger partial charge on any atom is 0.277 e. The van der Waals surface area contributed by atoms with Gasteiger partial charge in [-0.05, 0) is 29.8 Å². The molecule has 0 aliphatic heterocycles. The first-order valence-electron chi connectivity index (χ1n) is 8.40. The number of nitrogens with one attached hydrogen (secondary N) is 1. The quantitative estimate of drug-likeness (QED) is 0.729. The van der Waals surface area contributed by atoms with Crippen molar-refractivity contribution >= 4 is 22.5 Å². The van der Waals surface area contributed by atoms with Gasteiger partial charge in [-0.1, -0.05) is 29.5 Å². The standard InChI is InChI=1S/C19H21N5O2/c1-23(2)15-7-5-6-14(12-15)13-20-18(25)10-11-24-19(26)16-8-3-4-9-17(16)21-22-24/h3-9,12H,10-11,13H2,1-2H3,(H,20,25). The van der Waals surface area contributed by atoms with Crippen LogP contribution in [0.15, 0.2) is 53.3 Å². The highest BCUT2D eigenvalue weighted by Gasteiger charge is 2.08. The maximum atomic E-state index is 12.3. The molecule has 1 amide bonds. The first kappa shape index (κ1) is 17.6. The van der Waals surface area contributed by atoms with Crippen LogP contribution in [-0.4, -0.2) is 35.0 Å². The zero-order valence-corrected chi connectivity index (χ0v) is 14.8. The number of benzene rings is 2. The number of rotatable bonds is 6. The molecule has 0 aliphatic carbocycles. The molecule has 1 aromatic heterocycles. The molecular weight excluding hydrogens is 330 g/mol. The Morgan fingerprint density at radius 3 is 2.77 bits per heavy atom. The van der Waals surface area contributed by atoms with Crippen LogP contribution in [-0.2, 0) is 17.9 Å². The number of fused-ring (bicyclic) bond motifs is 1. The molecular formula is C19H21N5O2. The Balaban J connectivity index is 1.59. The van der Waals surface area contributed by atoms with Gasteiger partial charge in [0.1, 0.15) is 5.52 Å². The number of anilines is 1. The van der Waals surface area contributed by atoms with E-state index in [4.69, 9.17) is 0 Å². The van der Waals surface area contributed by atoms with Crippen LogP contribution < -0.4 is 15.8 Å². The molecule has 0 spiro atoms. The molecule has 0 radical (unpaired) electrons. The van der Waals surface area contributed by atoms with E-state index >= 15 is 0 Å². The second-order valence-corrected chi connectivity index (χ2v) is 6.23. The maximum absolute atomic E-state index is 12.3. The van der Waals surface area contributed by atoms with Crippen molar-refractivity contribution in [3.63, 3.8) is 0 Å². The SMILES string of the molecule is CN(C)c1cccc(CNC(=O)CCn2nnc3ccccc3c2=O)c1. The largest absolute Gasteiger partial charge is 0.378 e. The second-order valence-electron chi connectivity index (χ2n) is 6.23. The van der Waals surface area contributed by atoms with Gasteiger partial charge in [-0.15, -0.1) is 5.10 Å². The summed E-state index contributed by atoms with van der Waals surface area (Å²) in [6.45, 7) is 0.638. The minimum atomic E-state index is -0.234. The minimum Gasteiger partial charge on any atom is -0.378 e. The van der Waals surface area contributed by atoms with E-state index in [0.29, 0.717) is 17.4 Å². The van der Waals surface area contributed by atoms with E-state index in [1.54, 1.807) is 24.3 Å². The fraction of sp³-hybridized carbons (Fsp3) is 0.263. The molecule has 0 unspecified atom stereocenters. The molecule has 0 bridgehead atoms. The van der Waals surface area contributed by atoms with E-state index in [2.05, 4.69) is 15.6 Å². The van der Waals surface area contributed by atoms with Crippen LogP contribution in [0.4, 0.5) is 5.69 Å². The van der Waals surface area contributed by atoms with Crippen LogP contribution in [0.5, 0.6) is 0 Å². The first-order chi connectivity index (χ1) is 12.5. The predicted molar refractivity (Wildman–Crippen MR) is 101 cm³/mol. The topological polar surface area (TPSA) is 80.1 Å². The van der Waals surface area contributed by atoms with Crippen LogP contribution in [0.1, 0.15) is 12.0 Å². The highest BCUT2D eigenvalue weighted by atomic mass is 16.2. The number of nitrogens with zero attached hydrogens (tertiary/aromatic N) is 4. The van der Waals surface area contributed by atoms with E-state index in [-0.39, 0.29) is 24.4 Å². The first-order valence-corrected chi connectivity index (χ1v) is 8.40. The van der Waals surface area contributed by atoms with E-state index in [1.165, 1.54) is 4.68 Å². The van der Waals surface area contributed by atoms with Gasteiger partial charge in [0.25, 0.3) is 5.56 Å². The highest BCUT2D eigenvalue weighted by molar-refractivity contribution is 5.77. The summed E-state index contributed by atoms with van der Waals surface area (Å²) in [4.78, 5) is 26.5. The Hall–Kier alpha value is -3.22. The predicted octanol–water partition coefficient (Wildman–Crippen LogP) is 1.56. The molecule has 2 aromatic carbocycles. The molecule has 1 heterocycles. The molecule has 134 valence electrons. The lowest BCUT2D eigenvalue weighted by Gasteiger charge is -2.14. The van der Waals surface area contributed by atoms with Crippen molar-refractivity contribution in [1.82, 2.24) is 20.3 Å². The van der Waals surface area contributed by atoms with E-state index in [0.717, 1.165) is 11.3 Å². The van der Waals surface area contributed by atoms with Crippen LogP contribution in [0, 0.1) is 0 Å². The number of carbonyl (C=O) groups excluding carboxylic acids is 1. The van der Waals surface area contributed by atoms with Crippen molar-refractivity contribution in [1.29, 1.82) is 0 Å². The van der Waals surface area contributed by atoms with Gasteiger partial charge < -0.3 is 10.2 Å². The van der Waals surface area contributed by atoms with Crippen molar-refractivity contribution in [3.8, 4) is 0 Å². The zero-order valence-electron chi connectivity index (χ0n) is 14.8. The lowest BCUT2D eigenvalue weighted by molar-refractivity contribution is -0.121. The zero-order chi connectivity index (χ0) is 18.5. The van der Waals surface area contributed by atoms with Gasteiger partial charge in [0.2, 0.25) is 5.91 Å². The molecule has 0 atom stereocenters. The molecule has 0 saturated heterocycles. The number of carbonyl (C=O) groups is 1. The molecule has 0 fully saturated rings. The Labute approximate surface area is 151 Å². The number of aryl methyl sites for hydroxylation is 1. The summed E-state index contributed by atoms with van der Waals surface area (Å²) >= 11 is 0. The molecule has 3 aromatic rings. The van der Waals surface area contributed by atoms with Crippen molar-refractivity contribution in [2.45, 2.75) is 19.5 Å². The monoisotopic (exact) mass is 351 g/mol. The fourth-order valence-electron chi connectivity index (χ4n) is 2.61. The van der Waals surface area contributed by atoms with Gasteiger partial charge >= 0.3 is 0 Å². The van der Waals surface area contributed by atoms with Crippen LogP contribution in [0.2, 0.25) is 0 Å². The summed E-state index contributed by atoms with van der Waals surface area (Å²) in [6.07, 6.45) is 0.167. The average Bonchev–Trinajstić information content (AvgIpc) is 2.66. The third-order valence-electron chi connectivity index (χ3n) is 4.10. The van der Waals surface area contributed by atoms with Gasteiger partial charge in [0.15, 0.2) is 0 Å². The summed E-state index contributed by atoms with van der Waals surface area (Å²) in [5, 5.41) is 11.3. The van der Waals surface area contributed by atoms with Gasteiger partial charge in [0.05, 0.1) is 11.9 Å². The smallest absolute Gasteiger partial charge is 0.277 e. The Morgan fingerprint density at radius 2 is 1.96 bits per heavy atom. The average molecular weight is 351 g/mol. The molecule has 1 N–H and O–H groups in total. The van der Waals surface area contributed by atoms with Crippen LogP contribution in [0.25, 0.3) is 10.9 Å². The molecule has 0 aliphatic rings. The van der Waals surface area contributed by atoms with E-state index in [1.807, 2.05) is 43.3 Å². The number of hydrogen-bond acceptors (Lipinski definition) is 5. The molecule has 3 rings (SSSR count). The Bertz CT molecular complexity index is 981. The van der Waals surface area contributed by atoms with Crippen molar-refractivity contribution in [2.24, 2.45) is 0 Å². The number of aromatic nitrogens is 3. The number of hydrogen-bond donors (Lipinski definition) is 1. The third kappa shape index (κ3) is 4.05. The molecule has 7 nitrogen and oxygen atoms in total. The van der Waals surface area contributed by atoms with Gasteiger partial charge in [0, 0.05) is 32.7 Å². The van der Waals surface area contributed by atoms with Crippen LogP contribution in [0.3, 0.4) is 0 Å². The molecule has 26 heavy (non-hydrogen) atoms. The van der Waals surface area contributed by atoms with E-state index < -0.39 is 0 Å². The van der Waals surface area contributed by atoms with E-state index in [9.17, 15) is 9.59 Å². The lowest BCUT2D eigenvalue weighted by Crippen LogP contribution is -2.29. The second kappa shape index (κ2) is 7.77. The fourth-order valence-corrected chi connectivity index (χ4v) is 2.61. The lowest BCUT2D eigenvalue weighted by atomic mass is 10.2. The van der Waals surface area contributed by atoms with Crippen molar-refractivity contribution in [2.75, 3.05) is 19.0 Å². The Morgan fingerprint density at radius 1 is 1.15 bits per heavy atom. The summed E-state index contributed by atoms with van der Waals surface area (Å²) < 4.78 is 1.23. The van der Waals surface area contributed by atoms with Crippen LogP contribution >= 0.6 is 0 Å². The van der Waals surface area contributed by atoms with Gasteiger partial charge in [-0.25, -0.2) is 4.68 Å². The number of amides is 1. The third-order valence-corrected chi connectivity index (χ3v) is 4.10. The summed E-state index contributed by atoms with van der Waals surface area (Å²) in [5.41, 5.74) is 2.42. The summed E-state index contributed by atoms with van der Waals surface area (Å²) in [7, 11) is 3.94. The Kier molecular flexibility index (Phi) is 5.26. The normalized spacial score (nSPS) is 10.7. The minimum absolute atomic E-state index is 0.137. The van der Waals surface area contributed by atoms with Gasteiger partial charge in [-0.2, -0.15) is 0 Å². The molecule has 0 saturated carbocycles. The molecule has 7 heteroatoms. The van der Waals surface area contributed by atoms with Gasteiger partial charge in [-0.3, -0.25) is 9.59 Å². The summed E-state index contributed by atoms with van der Waals surface area (Å²) in [6, 6.07) is 15.0. The summed E-state index contributed by atoms with van der Waals surface area (Å²) in [5.74, 6) is -0.137. The highest BCUT2D eigenvalue weighted by Crippen LogP contribution is 2.13.